The van der Waals surface area contributed by atoms with Gasteiger partial charge in [0.05, 0.1) is 29.3 Å². The van der Waals surface area contributed by atoms with Gasteiger partial charge in [0.15, 0.2) is 0 Å². The zero-order valence-electron chi connectivity index (χ0n) is 20.0. The van der Waals surface area contributed by atoms with Crippen LogP contribution in [0.1, 0.15) is 48.2 Å². The standard InChI is InChI=1S/C23H28F3N3O4SSi/c1-5-33-22(30)15-29-21-8-6-7-20(19(21)14-27-29)28-34(31,32)18-12-16(9-10-35(2,3)4)11-17(13-18)23(24,25)26/h11-14,20,28H,5-8,15H2,1-4H3/q-1. The second kappa shape index (κ2) is 10.2. The number of hydrogen-bond acceptors (Lipinski definition) is 5. The Morgan fingerprint density at radius 1 is 1.29 bits per heavy atom. The van der Waals surface area contributed by atoms with Gasteiger partial charge >= 0.3 is 12.1 Å². The number of alkyl halides is 3. The third-order valence-electron chi connectivity index (χ3n) is 5.27. The van der Waals surface area contributed by atoms with Crippen molar-refractivity contribution in [2.24, 2.45) is 0 Å². The van der Waals surface area contributed by atoms with Gasteiger partial charge in [-0.25, -0.2) is 13.1 Å². The molecule has 1 unspecified atom stereocenters. The first-order valence-corrected chi connectivity index (χ1v) is 16.2. The molecule has 1 aliphatic rings. The van der Waals surface area contributed by atoms with Gasteiger partial charge in [-0.05, 0) is 44.4 Å². The summed E-state index contributed by atoms with van der Waals surface area (Å²) in [5, 5.41) is 4.20. The monoisotopic (exact) mass is 527 g/mol. The van der Waals surface area contributed by atoms with E-state index in [0.29, 0.717) is 36.6 Å². The molecule has 0 bridgehead atoms. The Kier molecular flexibility index (Phi) is 7.83. The molecular weight excluding hydrogens is 499 g/mol. The summed E-state index contributed by atoms with van der Waals surface area (Å²) >= 11 is 0. The van der Waals surface area contributed by atoms with E-state index in [9.17, 15) is 26.4 Å². The Morgan fingerprint density at radius 3 is 2.63 bits per heavy atom. The summed E-state index contributed by atoms with van der Waals surface area (Å²) in [6, 6.07) is 1.96. The average Bonchev–Trinajstić information content (AvgIpc) is 3.15. The highest BCUT2D eigenvalue weighted by atomic mass is 32.2. The molecular formula is C23H28F3N3O4SSi-. The minimum atomic E-state index is -4.73. The molecule has 191 valence electrons. The first-order valence-electron chi connectivity index (χ1n) is 11.2. The number of halogens is 3. The maximum atomic E-state index is 13.5. The SMILES string of the molecule is CCOC(=O)Cn1ncc2c1CCCC2NS(=O)(=O)c1cc(C#C[Si-](C)(C)C)cc(C(F)(F)F)c1. The second-order valence-corrected chi connectivity index (χ2v) is 15.8. The predicted molar refractivity (Wildman–Crippen MR) is 127 cm³/mol. The summed E-state index contributed by atoms with van der Waals surface area (Å²) in [5.74, 6) is 2.26. The van der Waals surface area contributed by atoms with Crippen LogP contribution in [0.15, 0.2) is 29.3 Å². The highest BCUT2D eigenvalue weighted by molar-refractivity contribution is 7.89. The lowest BCUT2D eigenvalue weighted by atomic mass is 9.94. The minimum Gasteiger partial charge on any atom is -0.465 e. The smallest absolute Gasteiger partial charge is 0.416 e. The van der Waals surface area contributed by atoms with Gasteiger partial charge in [0.2, 0.25) is 10.0 Å². The topological polar surface area (TPSA) is 90.3 Å². The van der Waals surface area contributed by atoms with E-state index in [1.54, 1.807) is 6.92 Å². The molecule has 1 N–H and O–H groups in total. The Hall–Kier alpha value is -2.62. The number of hydrogen-bond donors (Lipinski definition) is 1. The number of nitrogens with one attached hydrogen (secondary N) is 1. The number of carbonyl (C=O) groups excluding carboxylic acids is 1. The Balaban J connectivity index is 1.94. The van der Waals surface area contributed by atoms with Crippen LogP contribution >= 0.6 is 0 Å². The summed E-state index contributed by atoms with van der Waals surface area (Å²) in [4.78, 5) is 11.4. The highest BCUT2D eigenvalue weighted by Crippen LogP contribution is 2.34. The highest BCUT2D eigenvalue weighted by Gasteiger charge is 2.34. The molecule has 1 aromatic heterocycles. The molecule has 0 radical (unpaired) electrons. The van der Waals surface area contributed by atoms with Gasteiger partial charge in [0.25, 0.3) is 0 Å². The van der Waals surface area contributed by atoms with Gasteiger partial charge < -0.3 is 4.74 Å². The summed E-state index contributed by atoms with van der Waals surface area (Å²) in [5.41, 5.74) is 3.18. The van der Waals surface area contributed by atoms with Crippen LogP contribution in [0.5, 0.6) is 0 Å². The van der Waals surface area contributed by atoms with E-state index in [4.69, 9.17) is 4.74 Å². The number of ether oxygens (including phenoxy) is 1. The number of aromatic nitrogens is 2. The minimum absolute atomic E-state index is 0.00536. The van der Waals surface area contributed by atoms with Crippen LogP contribution in [0, 0.1) is 11.5 Å². The van der Waals surface area contributed by atoms with E-state index in [1.165, 1.54) is 16.9 Å². The van der Waals surface area contributed by atoms with E-state index < -0.39 is 46.7 Å². The van der Waals surface area contributed by atoms with Crippen molar-refractivity contribution in [2.75, 3.05) is 6.61 Å². The third-order valence-corrected chi connectivity index (χ3v) is 7.60. The van der Waals surface area contributed by atoms with Gasteiger partial charge in [-0.1, -0.05) is 8.07 Å². The molecule has 1 aliphatic carbocycles. The number of rotatable bonds is 6. The lowest BCUT2D eigenvalue weighted by Crippen LogP contribution is -2.31. The summed E-state index contributed by atoms with van der Waals surface area (Å²) in [6.45, 7) is 7.64. The van der Waals surface area contributed by atoms with E-state index in [0.717, 1.165) is 6.07 Å². The number of sulfonamides is 1. The van der Waals surface area contributed by atoms with Crippen LogP contribution in [-0.2, 0) is 38.7 Å². The largest absolute Gasteiger partial charge is 0.465 e. The summed E-state index contributed by atoms with van der Waals surface area (Å²) < 4.78 is 75.9. The average molecular weight is 528 g/mol. The quantitative estimate of drug-likeness (QED) is 0.348. The zero-order valence-corrected chi connectivity index (χ0v) is 21.8. The lowest BCUT2D eigenvalue weighted by Gasteiger charge is -2.24. The second-order valence-electron chi connectivity index (χ2n) is 9.32. The maximum Gasteiger partial charge on any atom is 0.416 e. The fourth-order valence-electron chi connectivity index (χ4n) is 3.71. The molecule has 7 nitrogen and oxygen atoms in total. The molecule has 0 fully saturated rings. The van der Waals surface area contributed by atoms with Crippen molar-refractivity contribution in [3.8, 4) is 11.5 Å². The van der Waals surface area contributed by atoms with E-state index in [2.05, 4.69) is 21.3 Å². The molecule has 12 heteroatoms. The molecule has 0 saturated heterocycles. The third kappa shape index (κ3) is 6.96. The normalized spacial score (nSPS) is 16.3. The molecule has 35 heavy (non-hydrogen) atoms. The van der Waals surface area contributed by atoms with Gasteiger partial charge in [-0.15, -0.1) is 5.92 Å². The first-order chi connectivity index (χ1) is 16.2. The van der Waals surface area contributed by atoms with Crippen LogP contribution in [0.4, 0.5) is 13.2 Å². The van der Waals surface area contributed by atoms with Crippen molar-refractivity contribution in [3.63, 3.8) is 0 Å². The van der Waals surface area contributed by atoms with Crippen molar-refractivity contribution in [3.05, 3.63) is 46.8 Å². The van der Waals surface area contributed by atoms with Gasteiger partial charge in [-0.3, -0.25) is 15.0 Å². The number of nitrogens with zero attached hydrogens (tertiary/aromatic N) is 2. The molecule has 0 spiro atoms. The van der Waals surface area contributed by atoms with Crippen molar-refractivity contribution >= 4 is 24.1 Å². The van der Waals surface area contributed by atoms with Crippen molar-refractivity contribution in [1.82, 2.24) is 14.5 Å². The molecule has 2 aromatic rings. The van der Waals surface area contributed by atoms with Crippen LogP contribution < -0.4 is 4.72 Å². The number of benzene rings is 1. The molecule has 1 aromatic carbocycles. The Bertz CT molecular complexity index is 1270. The number of fused-ring (bicyclic) bond motifs is 1. The van der Waals surface area contributed by atoms with Crippen LogP contribution in [-0.4, -0.2) is 38.8 Å². The number of carbonyl (C=O) groups is 1. The maximum absolute atomic E-state index is 13.5. The molecule has 0 amide bonds. The fourth-order valence-corrected chi connectivity index (χ4v) is 5.55. The fraction of sp³-hybridized carbons (Fsp3) is 0.478. The summed E-state index contributed by atoms with van der Waals surface area (Å²) in [6.07, 6.45) is -1.60. The zero-order chi connectivity index (χ0) is 26.0. The van der Waals surface area contributed by atoms with E-state index >= 15 is 0 Å². The Labute approximate surface area is 204 Å². The van der Waals surface area contributed by atoms with E-state index in [1.807, 2.05) is 19.6 Å². The molecule has 3 rings (SSSR count). The molecule has 0 aliphatic heterocycles. The first kappa shape index (κ1) is 27.0. The van der Waals surface area contributed by atoms with Gasteiger partial charge in [0, 0.05) is 16.8 Å². The van der Waals surface area contributed by atoms with Crippen LogP contribution in [0.3, 0.4) is 0 Å². The van der Waals surface area contributed by atoms with Crippen molar-refractivity contribution in [2.45, 2.75) is 69.5 Å². The summed E-state index contributed by atoms with van der Waals surface area (Å²) in [7, 11) is -6.23. The van der Waals surface area contributed by atoms with E-state index in [-0.39, 0.29) is 18.7 Å². The number of esters is 1. The lowest BCUT2D eigenvalue weighted by molar-refractivity contribution is -0.144. The van der Waals surface area contributed by atoms with Gasteiger partial charge in [0.1, 0.15) is 6.54 Å². The molecule has 1 atom stereocenters. The predicted octanol–water partition coefficient (Wildman–Crippen LogP) is 4.05. The van der Waals surface area contributed by atoms with Gasteiger partial charge in [-0.2, -0.15) is 37.9 Å². The van der Waals surface area contributed by atoms with Crippen LogP contribution in [0.25, 0.3) is 0 Å². The van der Waals surface area contributed by atoms with Crippen molar-refractivity contribution in [1.29, 1.82) is 0 Å². The molecule has 0 saturated carbocycles. The Morgan fingerprint density at radius 2 is 2.00 bits per heavy atom. The van der Waals surface area contributed by atoms with Crippen LogP contribution in [0.2, 0.25) is 19.6 Å². The molecule has 1 heterocycles. The van der Waals surface area contributed by atoms with Crippen molar-refractivity contribution < 1.29 is 31.1 Å².